The van der Waals surface area contributed by atoms with E-state index < -0.39 is 0 Å². The van der Waals surface area contributed by atoms with E-state index in [-0.39, 0.29) is 7.43 Å². The molecule has 1 heterocycles. The van der Waals surface area contributed by atoms with E-state index in [1.807, 2.05) is 0 Å². The maximum atomic E-state index is 2.25. The Balaban J connectivity index is 0.000000720. The number of rotatable bonds is 0. The number of nitrogens with zero attached hydrogens (tertiary/aromatic N) is 2. The van der Waals surface area contributed by atoms with Crippen molar-refractivity contribution in [3.8, 4) is 0 Å². The van der Waals surface area contributed by atoms with Gasteiger partial charge in [0.05, 0.1) is 18.0 Å². The average molecular weight is 163 g/mol. The van der Waals surface area contributed by atoms with Crippen molar-refractivity contribution < 1.29 is 0 Å². The molecule has 0 N–H and O–H groups in total. The van der Waals surface area contributed by atoms with E-state index >= 15 is 0 Å². The van der Waals surface area contributed by atoms with Crippen LogP contribution in [-0.4, -0.2) is 20.8 Å². The summed E-state index contributed by atoms with van der Waals surface area (Å²) >= 11 is 0. The first-order valence-electron chi connectivity index (χ1n) is 3.80. The van der Waals surface area contributed by atoms with Crippen molar-refractivity contribution >= 4 is 11.4 Å². The number of hydrogen-bond acceptors (Lipinski definition) is 2. The first-order chi connectivity index (χ1) is 5.29. The van der Waals surface area contributed by atoms with Crippen LogP contribution < -0.4 is 9.80 Å². The Labute approximate surface area is 74.4 Å². The molecule has 1 aliphatic heterocycles. The highest BCUT2D eigenvalue weighted by molar-refractivity contribution is 5.75. The van der Waals surface area contributed by atoms with E-state index in [1.165, 1.54) is 11.4 Å². The van der Waals surface area contributed by atoms with Gasteiger partial charge in [-0.3, -0.25) is 0 Å². The van der Waals surface area contributed by atoms with Gasteiger partial charge in [-0.15, -0.1) is 0 Å². The second-order valence-corrected chi connectivity index (χ2v) is 3.03. The molecule has 1 aromatic rings. The molecule has 12 heavy (non-hydrogen) atoms. The fourth-order valence-electron chi connectivity index (χ4n) is 1.58. The van der Waals surface area contributed by atoms with Gasteiger partial charge < -0.3 is 17.2 Å². The molecule has 2 heteroatoms. The Kier molecular flexibility index (Phi) is 2.27. The van der Waals surface area contributed by atoms with E-state index in [4.69, 9.17) is 0 Å². The lowest BCUT2D eigenvalue weighted by atomic mass is 10.3. The monoisotopic (exact) mass is 163 g/mol. The third kappa shape index (κ3) is 1.13. The molecule has 0 radical (unpaired) electrons. The van der Waals surface area contributed by atoms with Crippen molar-refractivity contribution in [2.45, 2.75) is 0 Å². The van der Waals surface area contributed by atoms with Crippen molar-refractivity contribution in [2.75, 3.05) is 30.6 Å². The zero-order valence-corrected chi connectivity index (χ0v) is 7.91. The van der Waals surface area contributed by atoms with Gasteiger partial charge in [0, 0.05) is 14.1 Å². The van der Waals surface area contributed by atoms with Crippen LogP contribution in [0.3, 0.4) is 0 Å². The van der Waals surface area contributed by atoms with Crippen LogP contribution in [0.4, 0.5) is 11.4 Å². The molecule has 0 saturated heterocycles. The minimum absolute atomic E-state index is 0. The van der Waals surface area contributed by atoms with Crippen LogP contribution in [0.15, 0.2) is 24.3 Å². The summed E-state index contributed by atoms with van der Waals surface area (Å²) < 4.78 is 0. The number of hydrogen-bond donors (Lipinski definition) is 0. The molecule has 2 rings (SSSR count). The van der Waals surface area contributed by atoms with Crippen molar-refractivity contribution in [1.82, 2.24) is 0 Å². The molecule has 0 aromatic heterocycles. The maximum Gasteiger partial charge on any atom is 0.0898 e. The Hall–Kier alpha value is -1.18. The normalized spacial score (nSPS) is 14.2. The molecule has 0 spiro atoms. The molecule has 0 atom stereocenters. The van der Waals surface area contributed by atoms with Crippen LogP contribution >= 0.6 is 0 Å². The quantitative estimate of drug-likeness (QED) is 0.540. The van der Waals surface area contributed by atoms with E-state index in [0.29, 0.717) is 0 Å². The van der Waals surface area contributed by atoms with Crippen LogP contribution in [0.5, 0.6) is 0 Å². The zero-order chi connectivity index (χ0) is 7.84. The van der Waals surface area contributed by atoms with Gasteiger partial charge in [0.15, 0.2) is 0 Å². The summed E-state index contributed by atoms with van der Waals surface area (Å²) in [5.41, 5.74) is 2.66. The predicted octanol–water partition coefficient (Wildman–Crippen LogP) is 1.98. The Morgan fingerprint density at radius 2 is 1.42 bits per heavy atom. The first-order valence-corrected chi connectivity index (χ1v) is 3.80. The van der Waals surface area contributed by atoms with Gasteiger partial charge in [0.1, 0.15) is 0 Å². The molecule has 0 unspecified atom stereocenters. The summed E-state index contributed by atoms with van der Waals surface area (Å²) in [6.45, 7) is 0.999. The largest absolute Gasteiger partial charge is 0.358 e. The standard InChI is InChI=1S/C9H12N2.CH3/c1-10-7-11(2)9-6-4-3-5-8(9)10;/h3-6H,7H2,1-2H3;1H3/q;-1. The summed E-state index contributed by atoms with van der Waals surface area (Å²) in [5, 5.41) is 0. The van der Waals surface area contributed by atoms with Crippen molar-refractivity contribution in [1.29, 1.82) is 0 Å². The highest BCUT2D eigenvalue weighted by Crippen LogP contribution is 2.32. The highest BCUT2D eigenvalue weighted by atomic mass is 15.3. The third-order valence-electron chi connectivity index (χ3n) is 2.13. The third-order valence-corrected chi connectivity index (χ3v) is 2.13. The molecule has 66 valence electrons. The summed E-state index contributed by atoms with van der Waals surface area (Å²) in [5.74, 6) is 0. The fourth-order valence-corrected chi connectivity index (χ4v) is 1.58. The molecular formula is C10H15N2-. The molecule has 1 aromatic carbocycles. The maximum absolute atomic E-state index is 2.25. The average Bonchev–Trinajstić information content (AvgIpc) is 2.30. The Bertz CT molecular complexity index is 243. The van der Waals surface area contributed by atoms with Crippen LogP contribution in [0.1, 0.15) is 0 Å². The lowest BCUT2D eigenvalue weighted by Gasteiger charge is -2.11. The lowest BCUT2D eigenvalue weighted by molar-refractivity contribution is 0.916. The summed E-state index contributed by atoms with van der Waals surface area (Å²) in [7, 11) is 4.23. The minimum Gasteiger partial charge on any atom is -0.358 e. The highest BCUT2D eigenvalue weighted by Gasteiger charge is 2.18. The second kappa shape index (κ2) is 3.05. The van der Waals surface area contributed by atoms with Crippen LogP contribution in [0.2, 0.25) is 0 Å². The van der Waals surface area contributed by atoms with Gasteiger partial charge in [-0.05, 0) is 12.1 Å². The van der Waals surface area contributed by atoms with Gasteiger partial charge in [0.2, 0.25) is 0 Å². The molecular weight excluding hydrogens is 148 g/mol. The smallest absolute Gasteiger partial charge is 0.0898 e. The van der Waals surface area contributed by atoms with E-state index in [2.05, 4.69) is 48.2 Å². The van der Waals surface area contributed by atoms with Crippen LogP contribution in [-0.2, 0) is 0 Å². The summed E-state index contributed by atoms with van der Waals surface area (Å²) in [4.78, 5) is 4.49. The minimum atomic E-state index is 0. The summed E-state index contributed by atoms with van der Waals surface area (Å²) in [6, 6.07) is 8.46. The van der Waals surface area contributed by atoms with E-state index in [9.17, 15) is 0 Å². The van der Waals surface area contributed by atoms with Crippen molar-refractivity contribution in [2.24, 2.45) is 0 Å². The predicted molar refractivity (Wildman–Crippen MR) is 54.5 cm³/mol. The molecule has 1 aliphatic rings. The second-order valence-electron chi connectivity index (χ2n) is 3.03. The van der Waals surface area contributed by atoms with Gasteiger partial charge in [-0.1, -0.05) is 12.1 Å². The van der Waals surface area contributed by atoms with Gasteiger partial charge in [0.25, 0.3) is 0 Å². The Morgan fingerprint density at radius 1 is 1.00 bits per heavy atom. The molecule has 0 saturated carbocycles. The lowest BCUT2D eigenvalue weighted by Crippen LogP contribution is -2.23. The van der Waals surface area contributed by atoms with Crippen molar-refractivity contribution in [3.05, 3.63) is 31.7 Å². The van der Waals surface area contributed by atoms with E-state index in [0.717, 1.165) is 6.67 Å². The SMILES string of the molecule is CN1CN(C)c2ccccc21.[CH3-]. The fraction of sp³-hybridized carbons (Fsp3) is 0.300. The molecule has 2 nitrogen and oxygen atoms in total. The number of anilines is 2. The topological polar surface area (TPSA) is 6.48 Å². The molecule has 0 amide bonds. The molecule has 0 bridgehead atoms. The summed E-state index contributed by atoms with van der Waals surface area (Å²) in [6.07, 6.45) is 0. The van der Waals surface area contributed by atoms with Gasteiger partial charge >= 0.3 is 0 Å². The number of fused-ring (bicyclic) bond motifs is 1. The molecule has 0 fully saturated rings. The zero-order valence-electron chi connectivity index (χ0n) is 7.91. The molecule has 0 aliphatic carbocycles. The number of benzene rings is 1. The van der Waals surface area contributed by atoms with E-state index in [1.54, 1.807) is 0 Å². The van der Waals surface area contributed by atoms with Gasteiger partial charge in [-0.2, -0.15) is 0 Å². The Morgan fingerprint density at radius 3 is 1.83 bits per heavy atom. The van der Waals surface area contributed by atoms with Crippen LogP contribution in [0.25, 0.3) is 0 Å². The number of para-hydroxylation sites is 2. The van der Waals surface area contributed by atoms with Crippen LogP contribution in [0, 0.1) is 7.43 Å². The first kappa shape index (κ1) is 8.91. The van der Waals surface area contributed by atoms with Crippen molar-refractivity contribution in [3.63, 3.8) is 0 Å². The van der Waals surface area contributed by atoms with Gasteiger partial charge in [-0.25, -0.2) is 0 Å².